The first kappa shape index (κ1) is 45.1. The van der Waals surface area contributed by atoms with Crippen LogP contribution in [0.4, 0.5) is 13.2 Å². The Kier molecular flexibility index (Phi) is 19.4. The second-order valence-electron chi connectivity index (χ2n) is 14.0. The van der Waals surface area contributed by atoms with E-state index in [1.807, 2.05) is 12.1 Å². The summed E-state index contributed by atoms with van der Waals surface area (Å²) >= 11 is 0. The molecule has 6 rings (SSSR count). The highest BCUT2D eigenvalue weighted by Gasteiger charge is 2.29. The molecule has 0 atom stereocenters. The number of nitrogens with zero attached hydrogens (tertiary/aromatic N) is 3. The zero-order chi connectivity index (χ0) is 38.9. The van der Waals surface area contributed by atoms with Crippen LogP contribution >= 0.6 is 0 Å². The average molecular weight is 770 g/mol. The van der Waals surface area contributed by atoms with Crippen molar-refractivity contribution in [1.82, 2.24) is 14.7 Å². The Balaban J connectivity index is 0.000000220. The van der Waals surface area contributed by atoms with E-state index in [-0.39, 0.29) is 37.2 Å². The number of hydrogen-bond donors (Lipinski definition) is 0. The van der Waals surface area contributed by atoms with Gasteiger partial charge in [0.2, 0.25) is 0 Å². The fourth-order valence-corrected chi connectivity index (χ4v) is 6.10. The Bertz CT molecular complexity index is 1590. The molecule has 0 N–H and O–H groups in total. The summed E-state index contributed by atoms with van der Waals surface area (Å²) in [5, 5.41) is 0. The Labute approximate surface area is 324 Å². The molecule has 3 fully saturated rings. The first-order valence-electron chi connectivity index (χ1n) is 19.1. The van der Waals surface area contributed by atoms with Gasteiger partial charge in [-0.05, 0) is 75.3 Å². The molecule has 3 aliphatic rings. The summed E-state index contributed by atoms with van der Waals surface area (Å²) in [4.78, 5) is 38.4. The Morgan fingerprint density at radius 2 is 0.945 bits per heavy atom. The second-order valence-corrected chi connectivity index (χ2v) is 14.0. The fraction of sp³-hybridized carbons (Fsp3) is 0.512. The average Bonchev–Trinajstić information content (AvgIpc) is 3.12. The van der Waals surface area contributed by atoms with Crippen molar-refractivity contribution in [1.29, 1.82) is 0 Å². The first-order valence-corrected chi connectivity index (χ1v) is 19.1. The van der Waals surface area contributed by atoms with Gasteiger partial charge in [-0.1, -0.05) is 47.5 Å². The van der Waals surface area contributed by atoms with Crippen LogP contribution in [-0.2, 0) is 0 Å². The Morgan fingerprint density at radius 1 is 0.545 bits per heavy atom. The molecule has 9 nitrogen and oxygen atoms in total. The lowest BCUT2D eigenvalue weighted by Crippen LogP contribution is -2.53. The third-order valence-electron chi connectivity index (χ3n) is 9.45. The van der Waals surface area contributed by atoms with Gasteiger partial charge >= 0.3 is 0 Å². The molecule has 0 aromatic heterocycles. The van der Waals surface area contributed by atoms with Crippen molar-refractivity contribution in [2.45, 2.75) is 85.0 Å². The van der Waals surface area contributed by atoms with Gasteiger partial charge < -0.3 is 14.2 Å². The molecule has 0 bridgehead atoms. The minimum absolute atomic E-state index is 0. The molecule has 3 heterocycles. The first-order chi connectivity index (χ1) is 26.2. The van der Waals surface area contributed by atoms with Gasteiger partial charge in [0, 0.05) is 63.0 Å². The Morgan fingerprint density at radius 3 is 1.33 bits per heavy atom. The smallest absolute Gasteiger partial charge is 0.155 e. The van der Waals surface area contributed by atoms with Gasteiger partial charge in [0.25, 0.3) is 0 Å². The summed E-state index contributed by atoms with van der Waals surface area (Å²) in [5.41, 5.74) is 0.210. The maximum Gasteiger partial charge on any atom is 0.155 e. The van der Waals surface area contributed by atoms with Gasteiger partial charge in [-0.25, -0.2) is 13.2 Å². The highest BCUT2D eigenvalue weighted by molar-refractivity contribution is 5.76. The minimum Gasteiger partial charge on any atom is -0.488 e. The summed E-state index contributed by atoms with van der Waals surface area (Å²) in [6.07, 6.45) is 9.15. The monoisotopic (exact) mass is 769 g/mol. The van der Waals surface area contributed by atoms with E-state index >= 15 is 0 Å². The van der Waals surface area contributed by atoms with E-state index in [4.69, 9.17) is 14.2 Å². The molecule has 0 amide bonds. The van der Waals surface area contributed by atoms with Crippen molar-refractivity contribution in [3.63, 3.8) is 0 Å². The van der Waals surface area contributed by atoms with Crippen LogP contribution in [0.15, 0.2) is 54.6 Å². The van der Waals surface area contributed by atoms with E-state index in [1.165, 1.54) is 44.4 Å². The third-order valence-corrected chi connectivity index (χ3v) is 9.45. The van der Waals surface area contributed by atoms with Crippen LogP contribution in [0.5, 0.6) is 17.2 Å². The zero-order valence-electron chi connectivity index (χ0n) is 31.7. The quantitative estimate of drug-likeness (QED) is 0.119. The molecule has 55 heavy (non-hydrogen) atoms. The van der Waals surface area contributed by atoms with Crippen molar-refractivity contribution < 1.29 is 41.8 Å². The molecular formula is C43H58F3N3O6. The van der Waals surface area contributed by atoms with Crippen LogP contribution < -0.4 is 14.2 Å². The number of likely N-dealkylation sites (tertiary alicyclic amines) is 3. The van der Waals surface area contributed by atoms with Gasteiger partial charge in [-0.3, -0.25) is 29.1 Å². The van der Waals surface area contributed by atoms with E-state index in [0.29, 0.717) is 23.7 Å². The number of halogens is 3. The summed E-state index contributed by atoms with van der Waals surface area (Å²) in [7, 11) is 0. The van der Waals surface area contributed by atoms with E-state index in [0.717, 1.165) is 89.4 Å². The largest absolute Gasteiger partial charge is 0.488 e. The van der Waals surface area contributed by atoms with E-state index < -0.39 is 23.0 Å². The second kappa shape index (κ2) is 23.6. The van der Waals surface area contributed by atoms with Crippen LogP contribution in [0.25, 0.3) is 0 Å². The van der Waals surface area contributed by atoms with Crippen LogP contribution in [0.3, 0.4) is 0 Å². The summed E-state index contributed by atoms with van der Waals surface area (Å²) in [6, 6.07) is 13.8. The van der Waals surface area contributed by atoms with Crippen molar-refractivity contribution in [2.24, 2.45) is 0 Å². The molecule has 302 valence electrons. The summed E-state index contributed by atoms with van der Waals surface area (Å²) < 4.78 is 57.0. The van der Waals surface area contributed by atoms with Gasteiger partial charge in [0.05, 0.1) is 11.1 Å². The van der Waals surface area contributed by atoms with Gasteiger partial charge in [-0.2, -0.15) is 0 Å². The fourth-order valence-electron chi connectivity index (χ4n) is 6.10. The molecule has 0 spiro atoms. The lowest BCUT2D eigenvalue weighted by atomic mass is 10.1. The van der Waals surface area contributed by atoms with Crippen molar-refractivity contribution in [3.05, 3.63) is 88.7 Å². The normalized spacial score (nSPS) is 16.0. The van der Waals surface area contributed by atoms with Crippen LogP contribution in [0.1, 0.15) is 97.8 Å². The molecular weight excluding hydrogens is 711 g/mol. The van der Waals surface area contributed by atoms with E-state index in [2.05, 4.69) is 35.5 Å². The maximum atomic E-state index is 13.4. The van der Waals surface area contributed by atoms with Crippen molar-refractivity contribution in [2.75, 3.05) is 58.9 Å². The number of benzene rings is 3. The highest BCUT2D eigenvalue weighted by Crippen LogP contribution is 2.24. The molecule has 3 aromatic carbocycles. The van der Waals surface area contributed by atoms with Gasteiger partial charge in [0.15, 0.2) is 12.6 Å². The molecule has 0 aliphatic carbocycles. The van der Waals surface area contributed by atoms with Crippen LogP contribution in [0.2, 0.25) is 0 Å². The molecule has 3 aromatic rings. The van der Waals surface area contributed by atoms with E-state index in [1.54, 1.807) is 18.2 Å². The third kappa shape index (κ3) is 14.4. The SMILES string of the molecule is C.CCCCN1CC(Oc2cc(F)c(C=O)c(F)c2)C1.CCCCN1CC(Oc2ccc(C=O)c(F)c2)C1.CCCCN1CC(Oc2ccc(C=O)cc2)C1. The zero-order valence-corrected chi connectivity index (χ0v) is 31.7. The van der Waals surface area contributed by atoms with E-state index in [9.17, 15) is 27.6 Å². The standard InChI is InChI=1S/C14H17F2NO2.C14H18FNO2.C14H19NO2.CH4/c1-2-3-4-17-7-11(8-17)19-10-5-13(15)12(9-18)14(16)6-10;1-2-3-6-16-8-13(9-16)18-12-5-4-11(10-17)14(15)7-12;1-2-3-8-15-9-14(10-15)17-13-6-4-12(11-16)5-7-13;/h5-6,9,11H,2-4,7-8H2,1H3;4-5,7,10,13H,2-3,6,8-9H2,1H3;4-7,11,14H,2-3,8-10H2,1H3;1H4. The van der Waals surface area contributed by atoms with Crippen LogP contribution in [0, 0.1) is 17.5 Å². The number of hydrogen-bond acceptors (Lipinski definition) is 9. The summed E-state index contributed by atoms with van der Waals surface area (Å²) in [6.45, 7) is 15.2. The molecule has 0 unspecified atom stereocenters. The number of aldehydes is 3. The maximum absolute atomic E-state index is 13.4. The number of ether oxygens (including phenoxy) is 3. The lowest BCUT2D eigenvalue weighted by molar-refractivity contribution is 0.0189. The lowest BCUT2D eigenvalue weighted by Gasteiger charge is -2.39. The molecule has 0 saturated carbocycles. The molecule has 3 aliphatic heterocycles. The molecule has 0 radical (unpaired) electrons. The number of rotatable bonds is 18. The predicted molar refractivity (Wildman–Crippen MR) is 209 cm³/mol. The highest BCUT2D eigenvalue weighted by atomic mass is 19.1. The topological polar surface area (TPSA) is 88.6 Å². The molecule has 3 saturated heterocycles. The number of carbonyl (C=O) groups excluding carboxylic acids is 3. The van der Waals surface area contributed by atoms with Gasteiger partial charge in [0.1, 0.15) is 59.3 Å². The molecule has 12 heteroatoms. The number of unbranched alkanes of at least 4 members (excludes halogenated alkanes) is 3. The van der Waals surface area contributed by atoms with Gasteiger partial charge in [-0.15, -0.1) is 0 Å². The predicted octanol–water partition coefficient (Wildman–Crippen LogP) is 8.14. The summed E-state index contributed by atoms with van der Waals surface area (Å²) in [5.74, 6) is -0.793. The Hall–Kier alpha value is -4.26. The van der Waals surface area contributed by atoms with Crippen molar-refractivity contribution >= 4 is 18.9 Å². The van der Waals surface area contributed by atoms with Crippen LogP contribution in [-0.4, -0.2) is 111 Å². The number of carbonyl (C=O) groups is 3. The van der Waals surface area contributed by atoms with Crippen molar-refractivity contribution in [3.8, 4) is 17.2 Å². The minimum atomic E-state index is -0.882.